The predicted octanol–water partition coefficient (Wildman–Crippen LogP) is 1.92. The van der Waals surface area contributed by atoms with Gasteiger partial charge in [-0.2, -0.15) is 0 Å². The second-order valence-corrected chi connectivity index (χ2v) is 4.38. The summed E-state index contributed by atoms with van der Waals surface area (Å²) >= 11 is 0. The zero-order valence-corrected chi connectivity index (χ0v) is 12.0. The molecule has 1 atom stereocenters. The van der Waals surface area contributed by atoms with Crippen LogP contribution >= 0.6 is 0 Å². The molecular formula is C15H16N4O3. The van der Waals surface area contributed by atoms with Crippen molar-refractivity contribution in [2.45, 2.75) is 13.0 Å². The number of ether oxygens (including phenoxy) is 1. The molecule has 0 radical (unpaired) electrons. The van der Waals surface area contributed by atoms with E-state index in [0.717, 1.165) is 0 Å². The molecule has 22 heavy (non-hydrogen) atoms. The van der Waals surface area contributed by atoms with Crippen LogP contribution in [0.3, 0.4) is 0 Å². The van der Waals surface area contributed by atoms with Gasteiger partial charge in [0.2, 0.25) is 5.95 Å². The summed E-state index contributed by atoms with van der Waals surface area (Å²) in [5.41, 5.74) is 0.350. The van der Waals surface area contributed by atoms with Crippen molar-refractivity contribution in [2.24, 2.45) is 0 Å². The van der Waals surface area contributed by atoms with E-state index in [1.807, 2.05) is 0 Å². The van der Waals surface area contributed by atoms with Gasteiger partial charge in [0.1, 0.15) is 17.5 Å². The molecule has 0 bridgehead atoms. The van der Waals surface area contributed by atoms with Crippen LogP contribution in [-0.4, -0.2) is 33.4 Å². The first-order chi connectivity index (χ1) is 10.6. The van der Waals surface area contributed by atoms with Crippen LogP contribution in [0.1, 0.15) is 18.5 Å². The maximum atomic E-state index is 11.8. The SMILES string of the molecule is CCOC(=O)C(=N)C(Nc1ncccn1)c1ccc(O)cc1. The first kappa shape index (κ1) is 15.4. The van der Waals surface area contributed by atoms with E-state index in [2.05, 4.69) is 15.3 Å². The van der Waals surface area contributed by atoms with Gasteiger partial charge in [-0.25, -0.2) is 14.8 Å². The van der Waals surface area contributed by atoms with Crippen LogP contribution in [0.5, 0.6) is 5.75 Å². The smallest absolute Gasteiger partial charge is 0.354 e. The number of phenols is 1. The van der Waals surface area contributed by atoms with Crippen molar-refractivity contribution in [3.05, 3.63) is 48.3 Å². The predicted molar refractivity (Wildman–Crippen MR) is 80.9 cm³/mol. The molecule has 1 unspecified atom stereocenters. The second-order valence-electron chi connectivity index (χ2n) is 4.38. The number of carbonyl (C=O) groups excluding carboxylic acids is 1. The molecule has 7 nitrogen and oxygen atoms in total. The summed E-state index contributed by atoms with van der Waals surface area (Å²) in [4.78, 5) is 19.9. The number of aromatic hydroxyl groups is 1. The fourth-order valence-corrected chi connectivity index (χ4v) is 1.82. The van der Waals surface area contributed by atoms with Gasteiger partial charge >= 0.3 is 5.97 Å². The Morgan fingerprint density at radius 1 is 1.32 bits per heavy atom. The number of anilines is 1. The summed E-state index contributed by atoms with van der Waals surface area (Å²) in [6.45, 7) is 1.86. The molecule has 2 aromatic rings. The van der Waals surface area contributed by atoms with Gasteiger partial charge in [-0.15, -0.1) is 0 Å². The number of esters is 1. The number of benzene rings is 1. The number of hydrogen-bond acceptors (Lipinski definition) is 7. The van der Waals surface area contributed by atoms with E-state index in [4.69, 9.17) is 10.1 Å². The molecule has 0 aliphatic carbocycles. The van der Waals surface area contributed by atoms with E-state index in [9.17, 15) is 9.90 Å². The molecule has 0 aliphatic heterocycles. The lowest BCUT2D eigenvalue weighted by atomic mass is 10.0. The van der Waals surface area contributed by atoms with Crippen LogP contribution in [0, 0.1) is 5.41 Å². The molecule has 2 rings (SSSR count). The van der Waals surface area contributed by atoms with Crippen LogP contribution in [0.25, 0.3) is 0 Å². The molecule has 0 amide bonds. The Morgan fingerprint density at radius 3 is 2.55 bits per heavy atom. The molecule has 0 aliphatic rings. The van der Waals surface area contributed by atoms with Gasteiger partial charge in [0, 0.05) is 12.4 Å². The van der Waals surface area contributed by atoms with Crippen molar-refractivity contribution in [3.8, 4) is 5.75 Å². The molecule has 0 saturated carbocycles. The largest absolute Gasteiger partial charge is 0.508 e. The van der Waals surface area contributed by atoms with Crippen LogP contribution in [0.2, 0.25) is 0 Å². The first-order valence-corrected chi connectivity index (χ1v) is 6.70. The van der Waals surface area contributed by atoms with Crippen molar-refractivity contribution < 1.29 is 14.6 Å². The topological polar surface area (TPSA) is 108 Å². The molecule has 3 N–H and O–H groups in total. The maximum absolute atomic E-state index is 11.8. The molecule has 0 fully saturated rings. The number of hydrogen-bond donors (Lipinski definition) is 3. The van der Waals surface area contributed by atoms with Crippen molar-refractivity contribution in [2.75, 3.05) is 11.9 Å². The lowest BCUT2D eigenvalue weighted by Gasteiger charge is -2.19. The molecule has 1 aromatic carbocycles. The van der Waals surface area contributed by atoms with Gasteiger partial charge < -0.3 is 15.2 Å². The maximum Gasteiger partial charge on any atom is 0.354 e. The minimum atomic E-state index is -0.776. The summed E-state index contributed by atoms with van der Waals surface area (Å²) in [5.74, 6) is -0.334. The lowest BCUT2D eigenvalue weighted by molar-refractivity contribution is -0.135. The summed E-state index contributed by atoms with van der Waals surface area (Å²) < 4.78 is 4.87. The van der Waals surface area contributed by atoms with E-state index in [0.29, 0.717) is 5.56 Å². The van der Waals surface area contributed by atoms with Crippen molar-refractivity contribution >= 4 is 17.6 Å². The van der Waals surface area contributed by atoms with Gasteiger partial charge in [-0.1, -0.05) is 12.1 Å². The van der Waals surface area contributed by atoms with Crippen LogP contribution < -0.4 is 5.32 Å². The molecular weight excluding hydrogens is 284 g/mol. The second kappa shape index (κ2) is 7.16. The lowest BCUT2D eigenvalue weighted by Crippen LogP contribution is -2.29. The number of rotatable bonds is 6. The fraction of sp³-hybridized carbons (Fsp3) is 0.200. The molecule has 7 heteroatoms. The number of carbonyl (C=O) groups is 1. The number of aromatic nitrogens is 2. The van der Waals surface area contributed by atoms with Gasteiger partial charge in [0.15, 0.2) is 0 Å². The molecule has 114 valence electrons. The third kappa shape index (κ3) is 3.78. The first-order valence-electron chi connectivity index (χ1n) is 6.70. The molecule has 1 aromatic heterocycles. The Labute approximate surface area is 127 Å². The summed E-state index contributed by atoms with van der Waals surface area (Å²) in [6, 6.07) is 7.08. The van der Waals surface area contributed by atoms with Gasteiger partial charge in [-0.05, 0) is 30.7 Å². The molecule has 0 spiro atoms. The van der Waals surface area contributed by atoms with Gasteiger partial charge in [-0.3, -0.25) is 5.41 Å². The Kier molecular flexibility index (Phi) is 5.02. The summed E-state index contributed by atoms with van der Waals surface area (Å²) in [7, 11) is 0. The van der Waals surface area contributed by atoms with E-state index in [-0.39, 0.29) is 24.0 Å². The highest BCUT2D eigenvalue weighted by Crippen LogP contribution is 2.21. The third-order valence-electron chi connectivity index (χ3n) is 2.85. The zero-order chi connectivity index (χ0) is 15.9. The Morgan fingerprint density at radius 2 is 1.95 bits per heavy atom. The van der Waals surface area contributed by atoms with Crippen molar-refractivity contribution in [1.82, 2.24) is 9.97 Å². The minimum absolute atomic E-state index is 0.0983. The minimum Gasteiger partial charge on any atom is -0.508 e. The average molecular weight is 300 g/mol. The normalized spacial score (nSPS) is 11.5. The van der Waals surface area contributed by atoms with E-state index in [1.165, 1.54) is 12.1 Å². The van der Waals surface area contributed by atoms with Crippen LogP contribution in [-0.2, 0) is 9.53 Å². The standard InChI is InChI=1S/C15H16N4O3/c1-2-22-14(21)12(16)13(10-4-6-11(20)7-5-10)19-15-17-8-3-9-18-15/h3-9,13,16,20H,2H2,1H3,(H,17,18,19). The van der Waals surface area contributed by atoms with Gasteiger partial charge in [0.05, 0.1) is 6.61 Å². The van der Waals surface area contributed by atoms with Crippen LogP contribution in [0.15, 0.2) is 42.7 Å². The summed E-state index contributed by atoms with van der Waals surface area (Å²) in [6.07, 6.45) is 3.11. The van der Waals surface area contributed by atoms with E-state index >= 15 is 0 Å². The zero-order valence-electron chi connectivity index (χ0n) is 12.0. The molecule has 1 heterocycles. The van der Waals surface area contributed by atoms with Crippen molar-refractivity contribution in [1.29, 1.82) is 5.41 Å². The Balaban J connectivity index is 2.29. The Bertz CT molecular complexity index is 644. The van der Waals surface area contributed by atoms with Crippen LogP contribution in [0.4, 0.5) is 5.95 Å². The number of nitrogens with one attached hydrogen (secondary N) is 2. The Hall–Kier alpha value is -2.96. The number of nitrogens with zero attached hydrogens (tertiary/aromatic N) is 2. The highest BCUT2D eigenvalue weighted by atomic mass is 16.5. The van der Waals surface area contributed by atoms with E-state index < -0.39 is 12.0 Å². The van der Waals surface area contributed by atoms with Gasteiger partial charge in [0.25, 0.3) is 0 Å². The average Bonchev–Trinajstić information content (AvgIpc) is 2.54. The highest BCUT2D eigenvalue weighted by Gasteiger charge is 2.25. The number of phenolic OH excluding ortho intramolecular Hbond substituents is 1. The monoisotopic (exact) mass is 300 g/mol. The highest BCUT2D eigenvalue weighted by molar-refractivity contribution is 6.37. The van der Waals surface area contributed by atoms with E-state index in [1.54, 1.807) is 37.5 Å². The fourth-order valence-electron chi connectivity index (χ4n) is 1.82. The summed E-state index contributed by atoms with van der Waals surface area (Å²) in [5, 5.41) is 20.3. The third-order valence-corrected chi connectivity index (χ3v) is 2.85. The quantitative estimate of drug-likeness (QED) is 0.555. The van der Waals surface area contributed by atoms with Crippen molar-refractivity contribution in [3.63, 3.8) is 0 Å². The molecule has 0 saturated heterocycles.